The Kier molecular flexibility index (Phi) is 6.93. The predicted molar refractivity (Wildman–Crippen MR) is 137 cm³/mol. The van der Waals surface area contributed by atoms with E-state index in [0.717, 1.165) is 11.1 Å². The van der Waals surface area contributed by atoms with Gasteiger partial charge in [-0.2, -0.15) is 9.97 Å². The summed E-state index contributed by atoms with van der Waals surface area (Å²) in [5.41, 5.74) is 9.45. The summed E-state index contributed by atoms with van der Waals surface area (Å²) in [7, 11) is 1.47. The lowest BCUT2D eigenvalue weighted by Gasteiger charge is -2.19. The molecule has 0 bridgehead atoms. The quantitative estimate of drug-likeness (QED) is 0.363. The molecule has 1 aliphatic heterocycles. The van der Waals surface area contributed by atoms with Gasteiger partial charge in [0.2, 0.25) is 11.8 Å². The molecule has 0 unspecified atom stereocenters. The normalized spacial score (nSPS) is 18.9. The van der Waals surface area contributed by atoms with Crippen LogP contribution < -0.4 is 10.5 Å². The molecule has 0 radical (unpaired) electrons. The Morgan fingerprint density at radius 2 is 1.63 bits per heavy atom. The minimum Gasteiger partial charge on any atom is -0.479 e. The number of aryl methyl sites for hydroxylation is 2. The Labute approximate surface area is 218 Å². The number of aromatic nitrogens is 4. The van der Waals surface area contributed by atoms with Crippen molar-refractivity contribution in [2.75, 3.05) is 19.5 Å². The number of nitrogen functional groups attached to an aromatic ring is 1. The third kappa shape index (κ3) is 5.14. The SMILES string of the molecule is COc1nc(N)nc2ncn([C@H]3C[C@H](OC(=O)c4ccc(C)cc4)[C@@H](COC(=O)c4ccc(C)cc4)O3)c12. The van der Waals surface area contributed by atoms with Gasteiger partial charge in [-0.3, -0.25) is 4.57 Å². The Balaban J connectivity index is 1.39. The molecule has 0 saturated carbocycles. The summed E-state index contributed by atoms with van der Waals surface area (Å²) in [6.45, 7) is 3.75. The van der Waals surface area contributed by atoms with Crippen LogP contribution in [0.2, 0.25) is 0 Å². The highest BCUT2D eigenvalue weighted by atomic mass is 16.6. The van der Waals surface area contributed by atoms with E-state index in [4.69, 9.17) is 24.7 Å². The summed E-state index contributed by atoms with van der Waals surface area (Å²) in [5.74, 6) is -0.744. The molecular weight excluding hydrogens is 490 g/mol. The highest BCUT2D eigenvalue weighted by Gasteiger charge is 2.41. The third-order valence-corrected chi connectivity index (χ3v) is 6.31. The molecule has 1 saturated heterocycles. The lowest BCUT2D eigenvalue weighted by atomic mass is 10.1. The van der Waals surface area contributed by atoms with Crippen LogP contribution in [0.25, 0.3) is 11.2 Å². The number of anilines is 1. The van der Waals surface area contributed by atoms with Crippen molar-refractivity contribution in [3.8, 4) is 5.88 Å². The van der Waals surface area contributed by atoms with Gasteiger partial charge in [-0.15, -0.1) is 0 Å². The van der Waals surface area contributed by atoms with Crippen molar-refractivity contribution in [3.63, 3.8) is 0 Å². The van der Waals surface area contributed by atoms with Gasteiger partial charge in [-0.25, -0.2) is 14.6 Å². The molecule has 3 heterocycles. The number of rotatable bonds is 7. The van der Waals surface area contributed by atoms with E-state index < -0.39 is 30.4 Å². The number of hydrogen-bond donors (Lipinski definition) is 1. The Morgan fingerprint density at radius 3 is 2.26 bits per heavy atom. The first-order valence-corrected chi connectivity index (χ1v) is 12.0. The number of ether oxygens (including phenoxy) is 4. The summed E-state index contributed by atoms with van der Waals surface area (Å²) < 4.78 is 24.7. The van der Waals surface area contributed by atoms with Crippen LogP contribution in [0.5, 0.6) is 5.88 Å². The minimum atomic E-state index is -0.734. The number of methoxy groups -OCH3 is 1. The highest BCUT2D eigenvalue weighted by Crippen LogP contribution is 2.35. The van der Waals surface area contributed by atoms with Crippen molar-refractivity contribution in [2.45, 2.75) is 38.7 Å². The molecule has 0 amide bonds. The van der Waals surface area contributed by atoms with Crippen LogP contribution in [0.15, 0.2) is 54.9 Å². The van der Waals surface area contributed by atoms with Crippen LogP contribution in [0.4, 0.5) is 5.95 Å². The van der Waals surface area contributed by atoms with Crippen molar-refractivity contribution >= 4 is 29.1 Å². The first-order valence-electron chi connectivity index (χ1n) is 12.0. The smallest absolute Gasteiger partial charge is 0.338 e. The Morgan fingerprint density at radius 1 is 1.00 bits per heavy atom. The molecule has 2 aromatic carbocycles. The van der Waals surface area contributed by atoms with E-state index in [-0.39, 0.29) is 24.9 Å². The zero-order chi connectivity index (χ0) is 26.8. The van der Waals surface area contributed by atoms with E-state index >= 15 is 0 Å². The number of esters is 2. The topological polar surface area (TPSA) is 141 Å². The van der Waals surface area contributed by atoms with E-state index in [1.165, 1.54) is 13.4 Å². The molecule has 1 aliphatic rings. The van der Waals surface area contributed by atoms with Gasteiger partial charge in [0.05, 0.1) is 24.6 Å². The number of nitrogens with zero attached hydrogens (tertiary/aromatic N) is 4. The molecule has 0 spiro atoms. The van der Waals surface area contributed by atoms with Crippen LogP contribution in [-0.4, -0.2) is 57.4 Å². The van der Waals surface area contributed by atoms with Gasteiger partial charge in [0.1, 0.15) is 25.0 Å². The fourth-order valence-corrected chi connectivity index (χ4v) is 4.26. The van der Waals surface area contributed by atoms with Crippen molar-refractivity contribution in [1.29, 1.82) is 0 Å². The lowest BCUT2D eigenvalue weighted by Crippen LogP contribution is -2.32. The maximum Gasteiger partial charge on any atom is 0.338 e. The molecule has 0 aliphatic carbocycles. The summed E-state index contributed by atoms with van der Waals surface area (Å²) in [6, 6.07) is 14.1. The number of carbonyl (C=O) groups is 2. The molecule has 11 heteroatoms. The van der Waals surface area contributed by atoms with Gasteiger partial charge in [-0.1, -0.05) is 35.4 Å². The van der Waals surface area contributed by atoms with Crippen molar-refractivity contribution < 1.29 is 28.5 Å². The average molecular weight is 518 g/mol. The third-order valence-electron chi connectivity index (χ3n) is 6.31. The second-order valence-electron chi connectivity index (χ2n) is 9.05. The van der Waals surface area contributed by atoms with E-state index in [1.54, 1.807) is 28.8 Å². The van der Waals surface area contributed by atoms with Crippen LogP contribution in [-0.2, 0) is 14.2 Å². The molecule has 2 N–H and O–H groups in total. The van der Waals surface area contributed by atoms with E-state index in [0.29, 0.717) is 22.3 Å². The first-order chi connectivity index (χ1) is 18.3. The zero-order valence-electron chi connectivity index (χ0n) is 21.2. The highest BCUT2D eigenvalue weighted by molar-refractivity contribution is 5.90. The fourth-order valence-electron chi connectivity index (χ4n) is 4.26. The Hall–Kier alpha value is -4.51. The second-order valence-corrected chi connectivity index (χ2v) is 9.05. The molecule has 1 fully saturated rings. The monoisotopic (exact) mass is 517 g/mol. The Bertz CT molecular complexity index is 1470. The van der Waals surface area contributed by atoms with Gasteiger partial charge in [0.15, 0.2) is 11.2 Å². The summed E-state index contributed by atoms with van der Waals surface area (Å²) in [6.07, 6.45) is -0.269. The summed E-state index contributed by atoms with van der Waals surface area (Å²) in [4.78, 5) is 38.2. The van der Waals surface area contributed by atoms with Crippen molar-refractivity contribution in [1.82, 2.24) is 19.5 Å². The summed E-state index contributed by atoms with van der Waals surface area (Å²) in [5, 5.41) is 0. The van der Waals surface area contributed by atoms with Gasteiger partial charge in [-0.05, 0) is 38.1 Å². The fraction of sp³-hybridized carbons (Fsp3) is 0.296. The zero-order valence-corrected chi connectivity index (χ0v) is 21.2. The number of imidazole rings is 1. The molecule has 11 nitrogen and oxygen atoms in total. The molecule has 2 aromatic heterocycles. The van der Waals surface area contributed by atoms with E-state index in [9.17, 15) is 9.59 Å². The number of benzene rings is 2. The second kappa shape index (κ2) is 10.5. The van der Waals surface area contributed by atoms with Gasteiger partial charge >= 0.3 is 11.9 Å². The predicted octanol–water partition coefficient (Wildman–Crippen LogP) is 3.40. The van der Waals surface area contributed by atoms with Crippen molar-refractivity contribution in [3.05, 3.63) is 77.1 Å². The number of carbonyl (C=O) groups excluding carboxylic acids is 2. The molecule has 4 aromatic rings. The van der Waals surface area contributed by atoms with Crippen LogP contribution in [0.1, 0.15) is 44.5 Å². The molecule has 5 rings (SSSR count). The van der Waals surface area contributed by atoms with Crippen LogP contribution in [0.3, 0.4) is 0 Å². The molecule has 196 valence electrons. The molecule has 38 heavy (non-hydrogen) atoms. The van der Waals surface area contributed by atoms with Gasteiger partial charge in [0.25, 0.3) is 0 Å². The maximum absolute atomic E-state index is 12.9. The average Bonchev–Trinajstić information content (AvgIpc) is 3.51. The number of fused-ring (bicyclic) bond motifs is 1. The number of hydrogen-bond acceptors (Lipinski definition) is 10. The first kappa shape index (κ1) is 25.2. The van der Waals surface area contributed by atoms with Gasteiger partial charge in [0, 0.05) is 6.42 Å². The maximum atomic E-state index is 12.9. The largest absolute Gasteiger partial charge is 0.479 e. The van der Waals surface area contributed by atoms with Gasteiger partial charge < -0.3 is 24.7 Å². The molecular formula is C27H27N5O6. The van der Waals surface area contributed by atoms with E-state index in [2.05, 4.69) is 15.0 Å². The van der Waals surface area contributed by atoms with Crippen molar-refractivity contribution in [2.24, 2.45) is 0 Å². The minimum absolute atomic E-state index is 0.0257. The molecule has 3 atom stereocenters. The lowest BCUT2D eigenvalue weighted by molar-refractivity contribution is -0.0562. The summed E-state index contributed by atoms with van der Waals surface area (Å²) >= 11 is 0. The van der Waals surface area contributed by atoms with E-state index in [1.807, 2.05) is 38.1 Å². The standard InChI is InChI=1S/C27H27N5O6/c1-15-4-8-17(9-5-15)25(33)36-13-20-19(38-26(34)18-10-6-16(2)7-11-18)12-21(37-20)32-14-29-23-22(32)24(35-3)31-27(28)30-23/h4-11,14,19-21H,12-13H2,1-3H3,(H2,28,30,31)/t19-,20+,21+/m0/s1. The number of nitrogens with two attached hydrogens (primary N) is 1. The van der Waals surface area contributed by atoms with Crippen LogP contribution in [0, 0.1) is 13.8 Å². The van der Waals surface area contributed by atoms with Crippen LogP contribution >= 0.6 is 0 Å².